The first-order chi connectivity index (χ1) is 8.14. The van der Waals surface area contributed by atoms with Crippen LogP contribution in [0, 0.1) is 16.7 Å². The molecule has 0 saturated heterocycles. The molecule has 0 aromatic carbocycles. The molecule has 4 heteroatoms. The number of aliphatic imine (C=N–C) groups is 1. The van der Waals surface area contributed by atoms with Crippen molar-refractivity contribution in [1.29, 1.82) is 5.41 Å². The van der Waals surface area contributed by atoms with E-state index in [4.69, 9.17) is 16.1 Å². The third-order valence-electron chi connectivity index (χ3n) is 2.73. The standard InChI is InChI=1S/C14H30N4/c1-10(2)13(18-11(3)4)17-9-14(5,6)8-7-12(15)16/h10-11H,7-9H2,1-6H3,(H3,15,16)(H,17,18). The van der Waals surface area contributed by atoms with Crippen molar-refractivity contribution in [3.63, 3.8) is 0 Å². The Labute approximate surface area is 112 Å². The van der Waals surface area contributed by atoms with E-state index >= 15 is 0 Å². The van der Waals surface area contributed by atoms with E-state index in [9.17, 15) is 0 Å². The Bertz CT molecular complexity index is 290. The number of nitrogens with one attached hydrogen (secondary N) is 2. The lowest BCUT2D eigenvalue weighted by molar-refractivity contribution is 0.354. The smallest absolute Gasteiger partial charge is 0.0991 e. The second-order valence-corrected chi connectivity index (χ2v) is 6.34. The highest BCUT2D eigenvalue weighted by Gasteiger charge is 2.18. The minimum Gasteiger partial charge on any atom is -0.388 e. The Kier molecular flexibility index (Phi) is 6.96. The zero-order valence-electron chi connectivity index (χ0n) is 12.8. The highest BCUT2D eigenvalue weighted by atomic mass is 15.0. The first kappa shape index (κ1) is 16.9. The summed E-state index contributed by atoms with van der Waals surface area (Å²) in [5.41, 5.74) is 5.49. The maximum atomic E-state index is 7.28. The molecule has 0 spiro atoms. The van der Waals surface area contributed by atoms with Crippen molar-refractivity contribution < 1.29 is 0 Å². The van der Waals surface area contributed by atoms with Gasteiger partial charge in [-0.05, 0) is 25.7 Å². The summed E-state index contributed by atoms with van der Waals surface area (Å²) in [6.07, 6.45) is 1.55. The van der Waals surface area contributed by atoms with Crippen LogP contribution in [0.1, 0.15) is 54.4 Å². The van der Waals surface area contributed by atoms with E-state index in [-0.39, 0.29) is 11.3 Å². The van der Waals surface area contributed by atoms with E-state index in [1.54, 1.807) is 0 Å². The van der Waals surface area contributed by atoms with Gasteiger partial charge in [0.05, 0.1) is 11.7 Å². The summed E-state index contributed by atoms with van der Waals surface area (Å²) in [5.74, 6) is 1.74. The normalized spacial score (nSPS) is 13.2. The lowest BCUT2D eigenvalue weighted by Gasteiger charge is -2.24. The summed E-state index contributed by atoms with van der Waals surface area (Å²) in [7, 11) is 0. The van der Waals surface area contributed by atoms with E-state index in [1.807, 2.05) is 0 Å². The fourth-order valence-corrected chi connectivity index (χ4v) is 1.54. The molecule has 4 N–H and O–H groups in total. The van der Waals surface area contributed by atoms with Crippen LogP contribution in [0.2, 0.25) is 0 Å². The zero-order valence-corrected chi connectivity index (χ0v) is 12.8. The molecule has 0 aliphatic rings. The van der Waals surface area contributed by atoms with Crippen LogP contribution in [-0.4, -0.2) is 24.3 Å². The molecule has 0 aliphatic carbocycles. The average molecular weight is 254 g/mol. The molecule has 0 amide bonds. The van der Waals surface area contributed by atoms with E-state index in [1.165, 1.54) is 0 Å². The SMILES string of the molecule is CC(C)NC(=NCC(C)(C)CCC(=N)N)C(C)C. The largest absolute Gasteiger partial charge is 0.388 e. The van der Waals surface area contributed by atoms with Crippen molar-refractivity contribution in [2.75, 3.05) is 6.54 Å². The lowest BCUT2D eigenvalue weighted by atomic mass is 9.87. The first-order valence-corrected chi connectivity index (χ1v) is 6.78. The molecule has 0 aromatic heterocycles. The van der Waals surface area contributed by atoms with Crippen molar-refractivity contribution in [3.05, 3.63) is 0 Å². The first-order valence-electron chi connectivity index (χ1n) is 6.78. The van der Waals surface area contributed by atoms with Gasteiger partial charge in [0.2, 0.25) is 0 Å². The molecule has 0 bridgehead atoms. The molecular formula is C14H30N4. The van der Waals surface area contributed by atoms with Crippen molar-refractivity contribution >= 4 is 11.7 Å². The van der Waals surface area contributed by atoms with Crippen LogP contribution in [0.3, 0.4) is 0 Å². The van der Waals surface area contributed by atoms with Crippen molar-refractivity contribution in [1.82, 2.24) is 5.32 Å². The summed E-state index contributed by atoms with van der Waals surface area (Å²) in [4.78, 5) is 4.71. The Morgan fingerprint density at radius 3 is 2.22 bits per heavy atom. The van der Waals surface area contributed by atoms with Gasteiger partial charge in [-0.2, -0.15) is 0 Å². The molecule has 0 heterocycles. The molecular weight excluding hydrogens is 224 g/mol. The van der Waals surface area contributed by atoms with E-state index in [0.717, 1.165) is 18.8 Å². The summed E-state index contributed by atoms with van der Waals surface area (Å²) in [5, 5.41) is 10.7. The predicted molar refractivity (Wildman–Crippen MR) is 80.3 cm³/mol. The summed E-state index contributed by atoms with van der Waals surface area (Å²) < 4.78 is 0. The summed E-state index contributed by atoms with van der Waals surface area (Å²) in [6.45, 7) is 13.7. The van der Waals surface area contributed by atoms with Crippen LogP contribution in [0.5, 0.6) is 0 Å². The predicted octanol–water partition coefficient (Wildman–Crippen LogP) is 2.78. The maximum Gasteiger partial charge on any atom is 0.0991 e. The molecule has 4 nitrogen and oxygen atoms in total. The number of amidine groups is 2. The quantitative estimate of drug-likeness (QED) is 0.483. The van der Waals surface area contributed by atoms with Crippen molar-refractivity contribution in [3.8, 4) is 0 Å². The molecule has 0 rings (SSSR count). The number of hydrogen-bond acceptors (Lipinski definition) is 2. The maximum absolute atomic E-state index is 7.28. The van der Waals surface area contributed by atoms with Gasteiger partial charge in [0.15, 0.2) is 0 Å². The molecule has 0 unspecified atom stereocenters. The molecule has 106 valence electrons. The monoisotopic (exact) mass is 254 g/mol. The van der Waals surface area contributed by atoms with Crippen LogP contribution >= 0.6 is 0 Å². The van der Waals surface area contributed by atoms with Crippen molar-refractivity contribution in [2.24, 2.45) is 22.1 Å². The van der Waals surface area contributed by atoms with Crippen LogP contribution in [0.25, 0.3) is 0 Å². The van der Waals surface area contributed by atoms with Gasteiger partial charge in [-0.25, -0.2) is 0 Å². The van der Waals surface area contributed by atoms with Crippen LogP contribution in [-0.2, 0) is 0 Å². The second kappa shape index (κ2) is 7.39. The summed E-state index contributed by atoms with van der Waals surface area (Å²) >= 11 is 0. The van der Waals surface area contributed by atoms with Gasteiger partial charge < -0.3 is 11.1 Å². The number of nitrogens with zero attached hydrogens (tertiary/aromatic N) is 1. The van der Waals surface area contributed by atoms with Crippen molar-refractivity contribution in [2.45, 2.75) is 60.4 Å². The molecule has 0 aromatic rings. The highest BCUT2D eigenvalue weighted by molar-refractivity contribution is 5.84. The average Bonchev–Trinajstić information content (AvgIpc) is 2.21. The fraction of sp³-hybridized carbons (Fsp3) is 0.857. The van der Waals surface area contributed by atoms with Crippen LogP contribution in [0.15, 0.2) is 4.99 Å². The third-order valence-corrected chi connectivity index (χ3v) is 2.73. The van der Waals surface area contributed by atoms with Crippen LogP contribution < -0.4 is 11.1 Å². The highest BCUT2D eigenvalue weighted by Crippen LogP contribution is 2.22. The minimum atomic E-state index is 0.0878. The molecule has 0 radical (unpaired) electrons. The van der Waals surface area contributed by atoms with Gasteiger partial charge in [0, 0.05) is 24.9 Å². The molecule has 0 saturated carbocycles. The second-order valence-electron chi connectivity index (χ2n) is 6.34. The third kappa shape index (κ3) is 8.09. The number of rotatable bonds is 7. The minimum absolute atomic E-state index is 0.0878. The van der Waals surface area contributed by atoms with Gasteiger partial charge >= 0.3 is 0 Å². The Morgan fingerprint density at radius 1 is 1.28 bits per heavy atom. The number of nitrogens with two attached hydrogens (primary N) is 1. The number of hydrogen-bond donors (Lipinski definition) is 3. The van der Waals surface area contributed by atoms with Gasteiger partial charge in [0.1, 0.15) is 0 Å². The molecule has 18 heavy (non-hydrogen) atoms. The Balaban J connectivity index is 4.49. The lowest BCUT2D eigenvalue weighted by Crippen LogP contribution is -2.35. The molecule has 0 atom stereocenters. The fourth-order valence-electron chi connectivity index (χ4n) is 1.54. The summed E-state index contributed by atoms with van der Waals surface area (Å²) in [6, 6.07) is 0.409. The topological polar surface area (TPSA) is 74.3 Å². The van der Waals surface area contributed by atoms with Crippen LogP contribution in [0.4, 0.5) is 0 Å². The van der Waals surface area contributed by atoms with Gasteiger partial charge in [-0.1, -0.05) is 27.7 Å². The molecule has 0 aliphatic heterocycles. The van der Waals surface area contributed by atoms with E-state index < -0.39 is 0 Å². The molecule has 0 fully saturated rings. The Morgan fingerprint density at radius 2 is 1.83 bits per heavy atom. The van der Waals surface area contributed by atoms with E-state index in [2.05, 4.69) is 46.9 Å². The Hall–Kier alpha value is -1.06. The van der Waals surface area contributed by atoms with Gasteiger partial charge in [-0.3, -0.25) is 10.4 Å². The zero-order chi connectivity index (χ0) is 14.3. The van der Waals surface area contributed by atoms with Gasteiger partial charge in [-0.15, -0.1) is 0 Å². The van der Waals surface area contributed by atoms with E-state index in [0.29, 0.717) is 18.4 Å². The van der Waals surface area contributed by atoms with Gasteiger partial charge in [0.25, 0.3) is 0 Å².